The number of hydrogen-bond acceptors (Lipinski definition) is 7. The molecule has 1 aromatic heterocycles. The molecule has 9 nitrogen and oxygen atoms in total. The number of nitrogens with zero attached hydrogens (tertiary/aromatic N) is 3. The lowest BCUT2D eigenvalue weighted by atomic mass is 9.97. The molecule has 2 fully saturated rings. The summed E-state index contributed by atoms with van der Waals surface area (Å²) in [5.41, 5.74) is 5.94. The van der Waals surface area contributed by atoms with Gasteiger partial charge >= 0.3 is 10.2 Å². The fraction of sp³-hybridized carbons (Fsp3) is 0.571. The molecule has 3 heterocycles. The van der Waals surface area contributed by atoms with Crippen LogP contribution in [-0.2, 0) is 10.2 Å². The van der Waals surface area contributed by atoms with Crippen molar-refractivity contribution in [3.8, 4) is 17.0 Å². The van der Waals surface area contributed by atoms with Gasteiger partial charge in [-0.15, -0.1) is 0 Å². The Hall–Kier alpha value is -2.90. The van der Waals surface area contributed by atoms with Crippen molar-refractivity contribution in [3.63, 3.8) is 0 Å². The van der Waals surface area contributed by atoms with Gasteiger partial charge in [-0.25, -0.2) is 22.9 Å². The lowest BCUT2D eigenvalue weighted by Crippen LogP contribution is -2.57. The van der Waals surface area contributed by atoms with Crippen LogP contribution >= 0.6 is 0 Å². The second-order valence-electron chi connectivity index (χ2n) is 12.2. The van der Waals surface area contributed by atoms with Crippen molar-refractivity contribution in [2.24, 2.45) is 17.6 Å². The van der Waals surface area contributed by atoms with E-state index in [-0.39, 0.29) is 29.8 Å². The summed E-state index contributed by atoms with van der Waals surface area (Å²) in [7, 11) is -4.64. The molecule has 2 saturated heterocycles. The number of pyridine rings is 1. The Labute approximate surface area is 239 Å². The number of halogens is 3. The third-order valence-electron chi connectivity index (χ3n) is 7.17. The summed E-state index contributed by atoms with van der Waals surface area (Å²) in [6, 6.07) is 6.06. The molecule has 4 rings (SSSR count). The number of carbonyl (C=O) groups excluding carboxylic acids is 1. The van der Waals surface area contributed by atoms with Crippen molar-refractivity contribution in [2.45, 2.75) is 65.0 Å². The largest absolute Gasteiger partial charge is 0.493 e. The van der Waals surface area contributed by atoms with E-state index in [2.05, 4.69) is 6.92 Å². The molecule has 41 heavy (non-hydrogen) atoms. The van der Waals surface area contributed by atoms with Crippen LogP contribution in [0.3, 0.4) is 0 Å². The summed E-state index contributed by atoms with van der Waals surface area (Å²) in [5, 5.41) is 0. The Bertz CT molecular complexity index is 1400. The highest BCUT2D eigenvalue weighted by Crippen LogP contribution is 2.39. The van der Waals surface area contributed by atoms with Crippen LogP contribution in [0.15, 0.2) is 30.3 Å². The maximum atomic E-state index is 14.5. The van der Waals surface area contributed by atoms with Crippen molar-refractivity contribution >= 4 is 21.9 Å². The van der Waals surface area contributed by atoms with Crippen LogP contribution in [0.1, 0.15) is 57.8 Å². The van der Waals surface area contributed by atoms with Crippen LogP contribution in [0, 0.1) is 17.7 Å². The number of carbonyl (C=O) groups is 1. The Morgan fingerprint density at radius 1 is 1.20 bits per heavy atom. The summed E-state index contributed by atoms with van der Waals surface area (Å²) in [5.74, 6) is -3.84. The van der Waals surface area contributed by atoms with Crippen LogP contribution < -0.4 is 20.1 Å². The van der Waals surface area contributed by atoms with Gasteiger partial charge in [0.05, 0.1) is 24.4 Å². The quantitative estimate of drug-likeness (QED) is 0.469. The molecule has 0 aliphatic carbocycles. The third-order valence-corrected chi connectivity index (χ3v) is 8.57. The third kappa shape index (κ3) is 7.31. The molecule has 2 atom stereocenters. The van der Waals surface area contributed by atoms with E-state index in [4.69, 9.17) is 15.5 Å². The van der Waals surface area contributed by atoms with E-state index in [0.29, 0.717) is 34.5 Å². The van der Waals surface area contributed by atoms with E-state index >= 15 is 0 Å². The zero-order chi connectivity index (χ0) is 30.3. The molecule has 2 aromatic rings. The zero-order valence-corrected chi connectivity index (χ0v) is 24.8. The Balaban J connectivity index is 1.72. The minimum atomic E-state index is -4.64. The van der Waals surface area contributed by atoms with Crippen molar-refractivity contribution in [3.05, 3.63) is 41.7 Å². The van der Waals surface area contributed by atoms with Gasteiger partial charge in [0.25, 0.3) is 11.8 Å². The van der Waals surface area contributed by atoms with Gasteiger partial charge in [-0.3, -0.25) is 4.79 Å². The smallest absolute Gasteiger partial charge is 0.304 e. The average Bonchev–Trinajstić information content (AvgIpc) is 3.12. The van der Waals surface area contributed by atoms with Gasteiger partial charge < -0.3 is 15.4 Å². The highest BCUT2D eigenvalue weighted by Gasteiger charge is 2.44. The predicted octanol–water partition coefficient (Wildman–Crippen LogP) is 4.19. The molecule has 2 aliphatic heterocycles. The summed E-state index contributed by atoms with van der Waals surface area (Å²) < 4.78 is 76.9. The summed E-state index contributed by atoms with van der Waals surface area (Å²) >= 11 is 0. The molecule has 13 heteroatoms. The van der Waals surface area contributed by atoms with Crippen molar-refractivity contribution < 1.29 is 31.1 Å². The molecule has 0 saturated carbocycles. The molecule has 0 bridgehead atoms. The lowest BCUT2D eigenvalue weighted by molar-refractivity contribution is -0.0499. The number of amides is 1. The van der Waals surface area contributed by atoms with E-state index in [1.807, 2.05) is 37.3 Å². The number of alkyl halides is 2. The van der Waals surface area contributed by atoms with Crippen molar-refractivity contribution in [2.75, 3.05) is 31.1 Å². The molecule has 226 valence electrons. The average molecular weight is 598 g/mol. The molecular weight excluding hydrogens is 559 g/mol. The molecule has 3 N–H and O–H groups in total. The van der Waals surface area contributed by atoms with Gasteiger partial charge in [0.15, 0.2) is 0 Å². The number of piperidine rings is 1. The predicted molar refractivity (Wildman–Crippen MR) is 151 cm³/mol. The van der Waals surface area contributed by atoms with Gasteiger partial charge in [-0.2, -0.15) is 12.7 Å². The first-order chi connectivity index (χ1) is 19.0. The van der Waals surface area contributed by atoms with Gasteiger partial charge in [-0.05, 0) is 56.4 Å². The van der Waals surface area contributed by atoms with Crippen LogP contribution in [0.2, 0.25) is 0 Å². The monoisotopic (exact) mass is 597 g/mol. The fourth-order valence-corrected chi connectivity index (χ4v) is 6.74. The molecule has 1 aromatic carbocycles. The van der Waals surface area contributed by atoms with Crippen LogP contribution in [-0.4, -0.2) is 67.4 Å². The minimum Gasteiger partial charge on any atom is -0.493 e. The highest BCUT2D eigenvalue weighted by molar-refractivity contribution is 7.87. The number of anilines is 1. The second kappa shape index (κ2) is 11.4. The second-order valence-corrected chi connectivity index (χ2v) is 13.9. The van der Waals surface area contributed by atoms with Crippen molar-refractivity contribution in [1.29, 1.82) is 0 Å². The van der Waals surface area contributed by atoms with E-state index in [1.54, 1.807) is 6.07 Å². The summed E-state index contributed by atoms with van der Waals surface area (Å²) in [4.78, 5) is 20.1. The first kappa shape index (κ1) is 31.0. The lowest BCUT2D eigenvalue weighted by Gasteiger charge is -2.35. The molecular formula is C28H38F3N5O4S. The van der Waals surface area contributed by atoms with Gasteiger partial charge in [0.1, 0.15) is 17.4 Å². The van der Waals surface area contributed by atoms with Crippen LogP contribution in [0.25, 0.3) is 11.3 Å². The minimum absolute atomic E-state index is 0.0553. The van der Waals surface area contributed by atoms with E-state index in [1.165, 1.54) is 24.3 Å². The maximum absolute atomic E-state index is 14.5. The number of rotatable bonds is 8. The number of ether oxygens (including phenoxy) is 1. The standard InChI is InChI=1S/C28H38F3N5O4S/c1-17(2)15-40-22-9-19(8-20(29)10-22)24-7-6-23(25(33-24)36-13-18(3)11-27(36,4)5)26(37)34-41(38,39)35-14-21(32)12-28(30,31)16-35/h6-10,17-18,21H,11-16,32H2,1-5H3,(H,34,37)/t18-,21?/m0/s1. The normalized spacial score (nSPS) is 22.6. The molecule has 0 spiro atoms. The Morgan fingerprint density at radius 2 is 1.90 bits per heavy atom. The summed E-state index contributed by atoms with van der Waals surface area (Å²) in [6.07, 6.45) is 0.140. The topological polar surface area (TPSA) is 118 Å². The number of hydrogen-bond donors (Lipinski definition) is 2. The van der Waals surface area contributed by atoms with E-state index in [0.717, 1.165) is 6.42 Å². The highest BCUT2D eigenvalue weighted by atomic mass is 32.2. The maximum Gasteiger partial charge on any atom is 0.304 e. The molecule has 1 unspecified atom stereocenters. The van der Waals surface area contributed by atoms with Crippen LogP contribution in [0.5, 0.6) is 5.75 Å². The Kier molecular flexibility index (Phi) is 8.64. The molecule has 2 aliphatic rings. The zero-order valence-electron chi connectivity index (χ0n) is 24.0. The SMILES string of the molecule is CC(C)COc1cc(F)cc(-c2ccc(C(=O)NS(=O)(=O)N3CC(N)CC(F)(F)C3)c(N3C[C@@H](C)CC3(C)C)n2)c1. The molecule has 1 amide bonds. The van der Waals surface area contributed by atoms with Crippen molar-refractivity contribution in [1.82, 2.24) is 14.0 Å². The first-order valence-corrected chi connectivity index (χ1v) is 15.1. The van der Waals surface area contributed by atoms with Gasteiger partial charge in [0.2, 0.25) is 0 Å². The number of benzene rings is 1. The van der Waals surface area contributed by atoms with Gasteiger partial charge in [0, 0.05) is 42.7 Å². The van der Waals surface area contributed by atoms with Gasteiger partial charge in [-0.1, -0.05) is 20.8 Å². The Morgan fingerprint density at radius 3 is 2.51 bits per heavy atom. The number of aromatic nitrogens is 1. The molecule has 0 radical (unpaired) electrons. The first-order valence-electron chi connectivity index (χ1n) is 13.6. The van der Waals surface area contributed by atoms with E-state index < -0.39 is 52.4 Å². The fourth-order valence-electron chi connectivity index (χ4n) is 5.53. The van der Waals surface area contributed by atoms with Crippen LogP contribution in [0.4, 0.5) is 19.0 Å². The summed E-state index contributed by atoms with van der Waals surface area (Å²) in [6.45, 7) is 9.48. The van der Waals surface area contributed by atoms with E-state index in [9.17, 15) is 26.4 Å². The number of nitrogens with one attached hydrogen (secondary N) is 1. The number of nitrogens with two attached hydrogens (primary N) is 1.